The molecule has 3 heterocycles. The molecule has 0 spiro atoms. The van der Waals surface area contributed by atoms with E-state index in [1.165, 1.54) is 6.20 Å². The number of hydrogen-bond donors (Lipinski definition) is 1. The summed E-state index contributed by atoms with van der Waals surface area (Å²) < 4.78 is 2.12. The minimum atomic E-state index is -0.444. The molecule has 2 aromatic heterocycles. The largest absolute Gasteiger partial charge is 0.370 e. The topological polar surface area (TPSA) is 89.9 Å². The van der Waals surface area contributed by atoms with E-state index >= 15 is 0 Å². The second-order valence-corrected chi connectivity index (χ2v) is 6.23. The van der Waals surface area contributed by atoms with Crippen LogP contribution in [0.5, 0.6) is 0 Å². The minimum Gasteiger partial charge on any atom is -0.370 e. The fourth-order valence-corrected chi connectivity index (χ4v) is 3.20. The third kappa shape index (κ3) is 3.04. The van der Waals surface area contributed by atoms with Crippen molar-refractivity contribution in [2.75, 3.05) is 18.0 Å². The number of anilines is 1. The van der Waals surface area contributed by atoms with E-state index < -0.39 is 5.91 Å². The van der Waals surface area contributed by atoms with Crippen molar-refractivity contribution in [1.82, 2.24) is 19.7 Å². The second-order valence-electron chi connectivity index (χ2n) is 6.23. The van der Waals surface area contributed by atoms with E-state index in [2.05, 4.69) is 38.5 Å². The molecule has 1 fully saturated rings. The molecule has 1 aliphatic heterocycles. The molecule has 0 radical (unpaired) electrons. The van der Waals surface area contributed by atoms with Gasteiger partial charge in [-0.2, -0.15) is 0 Å². The maximum atomic E-state index is 11.6. The van der Waals surface area contributed by atoms with E-state index in [4.69, 9.17) is 5.73 Å². The van der Waals surface area contributed by atoms with Crippen LogP contribution < -0.4 is 10.6 Å². The van der Waals surface area contributed by atoms with E-state index in [-0.39, 0.29) is 0 Å². The molecular formula is C16H22N6O. The van der Waals surface area contributed by atoms with Crippen molar-refractivity contribution in [2.45, 2.75) is 38.6 Å². The van der Waals surface area contributed by atoms with Crippen molar-refractivity contribution in [3.05, 3.63) is 36.2 Å². The minimum absolute atomic E-state index is 0.294. The van der Waals surface area contributed by atoms with Crippen molar-refractivity contribution in [2.24, 2.45) is 5.73 Å². The molecule has 0 aliphatic carbocycles. The molecule has 0 bridgehead atoms. The number of aromatic nitrogens is 4. The summed E-state index contributed by atoms with van der Waals surface area (Å²) in [7, 11) is 0. The SMILES string of the molecule is CC(C)n1cnnc1C1CCCN(c2ccncc2C(N)=O)C1. The van der Waals surface area contributed by atoms with Crippen LogP contribution in [0.3, 0.4) is 0 Å². The van der Waals surface area contributed by atoms with Crippen molar-refractivity contribution in [3.63, 3.8) is 0 Å². The van der Waals surface area contributed by atoms with Crippen LogP contribution in [0.2, 0.25) is 0 Å². The van der Waals surface area contributed by atoms with Crippen LogP contribution in [0.4, 0.5) is 5.69 Å². The number of nitrogens with two attached hydrogens (primary N) is 1. The fraction of sp³-hybridized carbons (Fsp3) is 0.500. The van der Waals surface area contributed by atoms with E-state index in [0.29, 0.717) is 17.5 Å². The molecule has 1 unspecified atom stereocenters. The van der Waals surface area contributed by atoms with Gasteiger partial charge in [0.2, 0.25) is 0 Å². The Hall–Kier alpha value is -2.44. The molecule has 2 aromatic rings. The van der Waals surface area contributed by atoms with Crippen LogP contribution in [0.1, 0.15) is 54.8 Å². The summed E-state index contributed by atoms with van der Waals surface area (Å²) >= 11 is 0. The van der Waals surface area contributed by atoms with Gasteiger partial charge in [-0.1, -0.05) is 0 Å². The molecular weight excluding hydrogens is 292 g/mol. The standard InChI is InChI=1S/C16H22N6O/c1-11(2)22-10-19-20-16(22)12-4-3-7-21(9-12)14-5-6-18-8-13(14)15(17)23/h5-6,8,10-12H,3-4,7,9H2,1-2H3,(H2,17,23). The summed E-state index contributed by atoms with van der Waals surface area (Å²) in [5.74, 6) is 0.863. The zero-order chi connectivity index (χ0) is 16.4. The van der Waals surface area contributed by atoms with Gasteiger partial charge >= 0.3 is 0 Å². The first-order chi connectivity index (χ1) is 11.1. The first kappa shape index (κ1) is 15.5. The molecule has 122 valence electrons. The average Bonchev–Trinajstić information content (AvgIpc) is 3.05. The van der Waals surface area contributed by atoms with Gasteiger partial charge in [0.1, 0.15) is 12.2 Å². The van der Waals surface area contributed by atoms with E-state index in [0.717, 1.165) is 37.4 Å². The number of nitrogens with zero attached hydrogens (tertiary/aromatic N) is 5. The van der Waals surface area contributed by atoms with E-state index in [1.807, 2.05) is 6.07 Å². The van der Waals surface area contributed by atoms with Gasteiger partial charge in [0, 0.05) is 37.4 Å². The molecule has 1 atom stereocenters. The Morgan fingerprint density at radius 3 is 3.00 bits per heavy atom. The monoisotopic (exact) mass is 314 g/mol. The Bertz CT molecular complexity index is 695. The van der Waals surface area contributed by atoms with Gasteiger partial charge in [0.15, 0.2) is 0 Å². The first-order valence-electron chi connectivity index (χ1n) is 7.96. The lowest BCUT2D eigenvalue weighted by Crippen LogP contribution is -2.36. The van der Waals surface area contributed by atoms with Crippen LogP contribution in [0.25, 0.3) is 0 Å². The molecule has 7 heteroatoms. The number of amides is 1. The Morgan fingerprint density at radius 1 is 1.43 bits per heavy atom. The van der Waals surface area contributed by atoms with Crippen molar-refractivity contribution in [3.8, 4) is 0 Å². The molecule has 3 rings (SSSR count). The number of carbonyl (C=O) groups excluding carboxylic acids is 1. The quantitative estimate of drug-likeness (QED) is 0.928. The van der Waals surface area contributed by atoms with Crippen LogP contribution >= 0.6 is 0 Å². The first-order valence-corrected chi connectivity index (χ1v) is 7.96. The zero-order valence-corrected chi connectivity index (χ0v) is 13.5. The maximum Gasteiger partial charge on any atom is 0.252 e. The maximum absolute atomic E-state index is 11.6. The normalized spacial score (nSPS) is 18.4. The highest BCUT2D eigenvalue weighted by Gasteiger charge is 2.27. The van der Waals surface area contributed by atoms with E-state index in [9.17, 15) is 4.79 Å². The molecule has 1 saturated heterocycles. The lowest BCUT2D eigenvalue weighted by molar-refractivity contribution is 0.100. The number of carbonyl (C=O) groups is 1. The van der Waals surface area contributed by atoms with E-state index in [1.54, 1.807) is 12.5 Å². The number of primary amides is 1. The van der Waals surface area contributed by atoms with Crippen molar-refractivity contribution >= 4 is 11.6 Å². The Balaban J connectivity index is 1.87. The van der Waals surface area contributed by atoms with Gasteiger partial charge < -0.3 is 15.2 Å². The number of piperidine rings is 1. The van der Waals surface area contributed by atoms with Gasteiger partial charge in [-0.05, 0) is 32.8 Å². The number of pyridine rings is 1. The van der Waals surface area contributed by atoms with Gasteiger partial charge in [-0.3, -0.25) is 9.78 Å². The summed E-state index contributed by atoms with van der Waals surface area (Å²) in [4.78, 5) is 17.9. The number of hydrogen-bond acceptors (Lipinski definition) is 5. The Morgan fingerprint density at radius 2 is 2.26 bits per heavy atom. The second kappa shape index (κ2) is 6.36. The highest BCUT2D eigenvalue weighted by molar-refractivity contribution is 5.98. The predicted octanol–water partition coefficient (Wildman–Crippen LogP) is 1.74. The van der Waals surface area contributed by atoms with Crippen LogP contribution in [-0.2, 0) is 0 Å². The molecule has 1 aliphatic rings. The predicted molar refractivity (Wildman–Crippen MR) is 87.3 cm³/mol. The smallest absolute Gasteiger partial charge is 0.252 e. The Kier molecular flexibility index (Phi) is 4.27. The lowest BCUT2D eigenvalue weighted by atomic mass is 9.96. The van der Waals surface area contributed by atoms with Crippen molar-refractivity contribution < 1.29 is 4.79 Å². The van der Waals surface area contributed by atoms with Gasteiger partial charge in [0.05, 0.1) is 11.3 Å². The zero-order valence-electron chi connectivity index (χ0n) is 13.5. The summed E-state index contributed by atoms with van der Waals surface area (Å²) in [6.07, 6.45) is 7.13. The molecule has 0 saturated carbocycles. The molecule has 0 aromatic carbocycles. The van der Waals surface area contributed by atoms with Crippen LogP contribution in [0.15, 0.2) is 24.8 Å². The van der Waals surface area contributed by atoms with Gasteiger partial charge in [-0.25, -0.2) is 0 Å². The van der Waals surface area contributed by atoms with Crippen LogP contribution in [0, 0.1) is 0 Å². The summed E-state index contributed by atoms with van der Waals surface area (Å²) in [6, 6.07) is 2.19. The fourth-order valence-electron chi connectivity index (χ4n) is 3.20. The summed E-state index contributed by atoms with van der Waals surface area (Å²) in [6.45, 7) is 5.95. The molecule has 23 heavy (non-hydrogen) atoms. The summed E-state index contributed by atoms with van der Waals surface area (Å²) in [5, 5.41) is 8.40. The highest BCUT2D eigenvalue weighted by Crippen LogP contribution is 2.31. The van der Waals surface area contributed by atoms with Crippen molar-refractivity contribution in [1.29, 1.82) is 0 Å². The Labute approximate surface area is 135 Å². The molecule has 7 nitrogen and oxygen atoms in total. The van der Waals surface area contributed by atoms with Gasteiger partial charge in [0.25, 0.3) is 5.91 Å². The third-order valence-electron chi connectivity index (χ3n) is 4.35. The average molecular weight is 314 g/mol. The number of rotatable bonds is 4. The molecule has 2 N–H and O–H groups in total. The lowest BCUT2D eigenvalue weighted by Gasteiger charge is -2.35. The highest BCUT2D eigenvalue weighted by atomic mass is 16.1. The van der Waals surface area contributed by atoms with Gasteiger partial charge in [-0.15, -0.1) is 10.2 Å². The molecule has 1 amide bonds. The summed E-state index contributed by atoms with van der Waals surface area (Å²) in [5.41, 5.74) is 6.81. The third-order valence-corrected chi connectivity index (χ3v) is 4.35. The van der Waals surface area contributed by atoms with Crippen LogP contribution in [-0.4, -0.2) is 38.7 Å².